The summed E-state index contributed by atoms with van der Waals surface area (Å²) < 4.78 is 0. The number of anilines is 1. The lowest BCUT2D eigenvalue weighted by Crippen LogP contribution is -2.42. The molecular formula is C24H21N3O3. The van der Waals surface area contributed by atoms with Crippen molar-refractivity contribution >= 4 is 23.2 Å². The Labute approximate surface area is 174 Å². The minimum Gasteiger partial charge on any atom is -0.388 e. The van der Waals surface area contributed by atoms with Gasteiger partial charge in [0.25, 0.3) is 5.91 Å². The van der Waals surface area contributed by atoms with E-state index in [2.05, 4.69) is 15.6 Å². The van der Waals surface area contributed by atoms with E-state index in [9.17, 15) is 14.7 Å². The van der Waals surface area contributed by atoms with E-state index in [4.69, 9.17) is 0 Å². The standard InChI is InChI=1S/C24H21N3O3/c28-20(16-9-3-1-4-10-16)15-21(29)26-23-24(30)25-19-14-8-7-13-18(19)22(27-23)17-11-5-2-6-12-17/h1-14,20,23,28H,15H2,(H,25,30)(H,26,29). The van der Waals surface area contributed by atoms with Gasteiger partial charge in [-0.25, -0.2) is 4.99 Å². The van der Waals surface area contributed by atoms with Crippen LogP contribution in [0.5, 0.6) is 0 Å². The van der Waals surface area contributed by atoms with Crippen LogP contribution in [0.2, 0.25) is 0 Å². The van der Waals surface area contributed by atoms with Gasteiger partial charge in [-0.3, -0.25) is 9.59 Å². The number of aliphatic hydroxyl groups is 1. The van der Waals surface area contributed by atoms with Gasteiger partial charge in [0.2, 0.25) is 12.1 Å². The molecule has 0 bridgehead atoms. The third-order valence-electron chi connectivity index (χ3n) is 4.85. The molecule has 1 aliphatic heterocycles. The maximum atomic E-state index is 12.7. The summed E-state index contributed by atoms with van der Waals surface area (Å²) in [5, 5.41) is 15.8. The van der Waals surface area contributed by atoms with Crippen LogP contribution in [-0.4, -0.2) is 28.8 Å². The number of rotatable bonds is 5. The number of para-hydroxylation sites is 1. The van der Waals surface area contributed by atoms with E-state index in [1.54, 1.807) is 30.3 Å². The maximum absolute atomic E-state index is 12.7. The summed E-state index contributed by atoms with van der Waals surface area (Å²) in [4.78, 5) is 29.9. The summed E-state index contributed by atoms with van der Waals surface area (Å²) in [5.74, 6) is -0.899. The average molecular weight is 399 g/mol. The molecule has 3 N–H and O–H groups in total. The van der Waals surface area contributed by atoms with Crippen molar-refractivity contribution in [2.45, 2.75) is 18.7 Å². The number of amides is 2. The molecule has 3 aromatic carbocycles. The van der Waals surface area contributed by atoms with Crippen molar-refractivity contribution < 1.29 is 14.7 Å². The monoisotopic (exact) mass is 399 g/mol. The van der Waals surface area contributed by atoms with Gasteiger partial charge in [-0.05, 0) is 11.6 Å². The molecule has 2 unspecified atom stereocenters. The van der Waals surface area contributed by atoms with Gasteiger partial charge in [0, 0.05) is 11.1 Å². The van der Waals surface area contributed by atoms with Crippen LogP contribution in [0.4, 0.5) is 5.69 Å². The Kier molecular flexibility index (Phi) is 5.68. The van der Waals surface area contributed by atoms with Gasteiger partial charge < -0.3 is 15.7 Å². The summed E-state index contributed by atoms with van der Waals surface area (Å²) in [6, 6.07) is 25.8. The molecule has 2 amide bonds. The van der Waals surface area contributed by atoms with Crippen molar-refractivity contribution in [2.24, 2.45) is 4.99 Å². The van der Waals surface area contributed by atoms with Crippen LogP contribution >= 0.6 is 0 Å². The summed E-state index contributed by atoms with van der Waals surface area (Å²) in [7, 11) is 0. The van der Waals surface area contributed by atoms with E-state index in [0.717, 1.165) is 11.1 Å². The predicted octanol–water partition coefficient (Wildman–Crippen LogP) is 3.04. The highest BCUT2D eigenvalue weighted by atomic mass is 16.3. The van der Waals surface area contributed by atoms with Crippen LogP contribution in [0, 0.1) is 0 Å². The fraction of sp³-hybridized carbons (Fsp3) is 0.125. The van der Waals surface area contributed by atoms with Gasteiger partial charge in [0.1, 0.15) is 0 Å². The number of hydrogen-bond acceptors (Lipinski definition) is 4. The first kappa shape index (κ1) is 19.5. The van der Waals surface area contributed by atoms with E-state index < -0.39 is 24.1 Å². The molecule has 0 spiro atoms. The molecule has 30 heavy (non-hydrogen) atoms. The smallest absolute Gasteiger partial charge is 0.269 e. The first-order valence-corrected chi connectivity index (χ1v) is 9.67. The number of aliphatic imine (C=N–C) groups is 1. The molecule has 6 nitrogen and oxygen atoms in total. The predicted molar refractivity (Wildman–Crippen MR) is 115 cm³/mol. The Morgan fingerprint density at radius 1 is 0.967 bits per heavy atom. The van der Waals surface area contributed by atoms with Crippen LogP contribution in [0.1, 0.15) is 29.2 Å². The molecule has 1 aliphatic rings. The number of benzodiazepines with no additional fused rings is 1. The summed E-state index contributed by atoms with van der Waals surface area (Å²) >= 11 is 0. The number of nitrogens with zero attached hydrogens (tertiary/aromatic N) is 1. The molecule has 150 valence electrons. The van der Waals surface area contributed by atoms with Gasteiger partial charge in [-0.2, -0.15) is 0 Å². The highest BCUT2D eigenvalue weighted by molar-refractivity contribution is 6.19. The molecule has 0 fully saturated rings. The maximum Gasteiger partial charge on any atom is 0.269 e. The molecular weight excluding hydrogens is 378 g/mol. The Hall–Kier alpha value is -3.77. The first-order chi connectivity index (χ1) is 14.6. The van der Waals surface area contributed by atoms with E-state index >= 15 is 0 Å². The molecule has 0 aromatic heterocycles. The van der Waals surface area contributed by atoms with E-state index in [1.807, 2.05) is 54.6 Å². The first-order valence-electron chi connectivity index (χ1n) is 9.67. The Morgan fingerprint density at radius 2 is 1.60 bits per heavy atom. The second kappa shape index (κ2) is 8.71. The van der Waals surface area contributed by atoms with Crippen LogP contribution in [0.3, 0.4) is 0 Å². The molecule has 1 heterocycles. The number of carbonyl (C=O) groups excluding carboxylic acids is 2. The van der Waals surface area contributed by atoms with Gasteiger partial charge in [0.15, 0.2) is 0 Å². The fourth-order valence-corrected chi connectivity index (χ4v) is 3.36. The Morgan fingerprint density at radius 3 is 2.33 bits per heavy atom. The topological polar surface area (TPSA) is 90.8 Å². The number of carbonyl (C=O) groups is 2. The fourth-order valence-electron chi connectivity index (χ4n) is 3.36. The third kappa shape index (κ3) is 4.29. The van der Waals surface area contributed by atoms with E-state index in [0.29, 0.717) is 17.0 Å². The summed E-state index contributed by atoms with van der Waals surface area (Å²) in [6.07, 6.45) is -2.24. The zero-order valence-electron chi connectivity index (χ0n) is 16.2. The lowest BCUT2D eigenvalue weighted by atomic mass is 10.0. The Balaban J connectivity index is 1.60. The second-order valence-corrected chi connectivity index (χ2v) is 6.98. The van der Waals surface area contributed by atoms with Gasteiger partial charge in [-0.15, -0.1) is 0 Å². The minimum atomic E-state index is -1.11. The normalized spacial score (nSPS) is 16.5. The van der Waals surface area contributed by atoms with E-state index in [-0.39, 0.29) is 6.42 Å². The number of aliphatic hydroxyl groups excluding tert-OH is 1. The van der Waals surface area contributed by atoms with Crippen molar-refractivity contribution in [3.05, 3.63) is 102 Å². The molecule has 0 saturated carbocycles. The van der Waals surface area contributed by atoms with Gasteiger partial charge in [0.05, 0.1) is 23.9 Å². The lowest BCUT2D eigenvalue weighted by molar-refractivity contribution is -0.127. The molecule has 0 aliphatic carbocycles. The summed E-state index contributed by atoms with van der Waals surface area (Å²) in [5.41, 5.74) is 3.49. The highest BCUT2D eigenvalue weighted by Crippen LogP contribution is 2.24. The van der Waals surface area contributed by atoms with Crippen LogP contribution < -0.4 is 10.6 Å². The highest BCUT2D eigenvalue weighted by Gasteiger charge is 2.27. The van der Waals surface area contributed by atoms with Gasteiger partial charge >= 0.3 is 0 Å². The largest absolute Gasteiger partial charge is 0.388 e. The zero-order chi connectivity index (χ0) is 20.9. The zero-order valence-corrected chi connectivity index (χ0v) is 16.2. The van der Waals surface area contributed by atoms with Crippen molar-refractivity contribution in [3.63, 3.8) is 0 Å². The molecule has 4 rings (SSSR count). The average Bonchev–Trinajstić information content (AvgIpc) is 2.91. The number of benzene rings is 3. The SMILES string of the molecule is O=C(CC(O)c1ccccc1)NC1N=C(c2ccccc2)c2ccccc2NC1=O. The van der Waals surface area contributed by atoms with E-state index in [1.165, 1.54) is 0 Å². The molecule has 0 saturated heterocycles. The minimum absolute atomic E-state index is 0.170. The number of nitrogens with one attached hydrogen (secondary N) is 2. The Bertz CT molecular complexity index is 1080. The van der Waals surface area contributed by atoms with Gasteiger partial charge in [-0.1, -0.05) is 78.9 Å². The van der Waals surface area contributed by atoms with Crippen LogP contribution in [-0.2, 0) is 9.59 Å². The molecule has 2 atom stereocenters. The molecule has 6 heteroatoms. The molecule has 3 aromatic rings. The van der Waals surface area contributed by atoms with Crippen molar-refractivity contribution in [1.82, 2.24) is 5.32 Å². The second-order valence-electron chi connectivity index (χ2n) is 6.98. The summed E-state index contributed by atoms with van der Waals surface area (Å²) in [6.45, 7) is 0. The van der Waals surface area contributed by atoms with Crippen molar-refractivity contribution in [2.75, 3.05) is 5.32 Å². The van der Waals surface area contributed by atoms with Crippen molar-refractivity contribution in [3.8, 4) is 0 Å². The van der Waals surface area contributed by atoms with Crippen molar-refractivity contribution in [1.29, 1.82) is 0 Å². The molecule has 0 radical (unpaired) electrons. The quantitative estimate of drug-likeness (QED) is 0.616. The third-order valence-corrected chi connectivity index (χ3v) is 4.85. The number of hydrogen-bond donors (Lipinski definition) is 3. The van der Waals surface area contributed by atoms with Crippen LogP contribution in [0.25, 0.3) is 0 Å². The lowest BCUT2D eigenvalue weighted by Gasteiger charge is -2.15. The number of fused-ring (bicyclic) bond motifs is 1. The van der Waals surface area contributed by atoms with Crippen LogP contribution in [0.15, 0.2) is 89.9 Å².